The molecule has 2 aliphatic rings. The van der Waals surface area contributed by atoms with Gasteiger partial charge < -0.3 is 19.5 Å². The summed E-state index contributed by atoms with van der Waals surface area (Å²) in [6.07, 6.45) is 1.77. The van der Waals surface area contributed by atoms with Gasteiger partial charge in [-0.05, 0) is 29.8 Å². The number of piperazine rings is 1. The number of carboxylic acids is 1. The highest BCUT2D eigenvalue weighted by atomic mass is 16.7. The molecule has 1 aromatic heterocycles. The molecule has 1 atom stereocenters. The maximum Gasteiger partial charge on any atom is 0.325 e. The summed E-state index contributed by atoms with van der Waals surface area (Å²) in [6, 6.07) is 10.5. The van der Waals surface area contributed by atoms with Gasteiger partial charge in [-0.2, -0.15) is 0 Å². The van der Waals surface area contributed by atoms with E-state index in [9.17, 15) is 9.90 Å². The number of carbonyl (C=O) groups is 1. The molecule has 0 aliphatic carbocycles. The Kier molecular flexibility index (Phi) is 4.15. The summed E-state index contributed by atoms with van der Waals surface area (Å²) in [5.74, 6) is 1.34. The van der Waals surface area contributed by atoms with Crippen LogP contribution in [-0.4, -0.2) is 53.9 Å². The molecule has 1 aromatic carbocycles. The number of rotatable bonds is 4. The Balaban J connectivity index is 1.50. The van der Waals surface area contributed by atoms with Gasteiger partial charge in [0.1, 0.15) is 11.9 Å². The topological polar surface area (TPSA) is 75.1 Å². The number of carboxylic acid groups (broad SMARTS) is 1. The number of aliphatic carboxylic acids is 1. The van der Waals surface area contributed by atoms with E-state index in [2.05, 4.69) is 9.88 Å². The number of pyridine rings is 1. The molecule has 0 bridgehead atoms. The summed E-state index contributed by atoms with van der Waals surface area (Å²) in [5, 5.41) is 9.77. The van der Waals surface area contributed by atoms with Gasteiger partial charge in [-0.1, -0.05) is 12.1 Å². The third-order valence-corrected chi connectivity index (χ3v) is 4.60. The first-order chi connectivity index (χ1) is 12.2. The second-order valence-corrected chi connectivity index (χ2v) is 6.06. The van der Waals surface area contributed by atoms with Gasteiger partial charge in [-0.3, -0.25) is 9.69 Å². The Morgan fingerprint density at radius 3 is 2.60 bits per heavy atom. The van der Waals surface area contributed by atoms with Crippen LogP contribution in [0.15, 0.2) is 42.6 Å². The van der Waals surface area contributed by atoms with Crippen LogP contribution in [-0.2, 0) is 4.79 Å². The Hall–Kier alpha value is -2.80. The van der Waals surface area contributed by atoms with Gasteiger partial charge in [-0.15, -0.1) is 0 Å². The first-order valence-electron chi connectivity index (χ1n) is 8.25. The minimum Gasteiger partial charge on any atom is -0.480 e. The highest BCUT2D eigenvalue weighted by molar-refractivity contribution is 5.76. The molecular weight excluding hydrogens is 322 g/mol. The Labute approximate surface area is 145 Å². The van der Waals surface area contributed by atoms with Crippen LogP contribution in [0, 0.1) is 0 Å². The summed E-state index contributed by atoms with van der Waals surface area (Å²) in [5.41, 5.74) is 0.711. The lowest BCUT2D eigenvalue weighted by Crippen LogP contribution is -2.49. The lowest BCUT2D eigenvalue weighted by molar-refractivity contribution is -0.143. The normalized spacial score (nSPS) is 18.2. The first kappa shape index (κ1) is 15.7. The number of aromatic nitrogens is 1. The lowest BCUT2D eigenvalue weighted by Gasteiger charge is -2.38. The van der Waals surface area contributed by atoms with Crippen LogP contribution in [0.1, 0.15) is 11.6 Å². The molecule has 0 radical (unpaired) electrons. The number of hydrogen-bond acceptors (Lipinski definition) is 6. The van der Waals surface area contributed by atoms with E-state index in [-0.39, 0.29) is 6.79 Å². The smallest absolute Gasteiger partial charge is 0.325 e. The van der Waals surface area contributed by atoms with Crippen LogP contribution < -0.4 is 14.4 Å². The van der Waals surface area contributed by atoms with E-state index in [1.165, 1.54) is 0 Å². The standard InChI is InChI=1S/C18H19N3O4/c22-18(23)17(13-4-5-14-15(11-13)25-12-24-14)21-9-7-20(8-10-21)16-3-1-2-6-19-16/h1-6,11,17H,7-10,12H2,(H,22,23)/t17-/m1/s1. The highest BCUT2D eigenvalue weighted by Gasteiger charge is 2.31. The van der Waals surface area contributed by atoms with Crippen molar-refractivity contribution in [2.45, 2.75) is 6.04 Å². The van der Waals surface area contributed by atoms with Gasteiger partial charge in [0, 0.05) is 32.4 Å². The fourth-order valence-electron chi connectivity index (χ4n) is 3.34. The lowest BCUT2D eigenvalue weighted by atomic mass is 10.0. The van der Waals surface area contributed by atoms with Gasteiger partial charge in [0.15, 0.2) is 11.5 Å². The van der Waals surface area contributed by atoms with Gasteiger partial charge in [0.05, 0.1) is 0 Å². The van der Waals surface area contributed by atoms with E-state index < -0.39 is 12.0 Å². The number of anilines is 1. The van der Waals surface area contributed by atoms with Crippen molar-refractivity contribution >= 4 is 11.8 Å². The van der Waals surface area contributed by atoms with Crippen LogP contribution in [0.2, 0.25) is 0 Å². The fourth-order valence-corrected chi connectivity index (χ4v) is 3.34. The van der Waals surface area contributed by atoms with Crippen molar-refractivity contribution in [3.63, 3.8) is 0 Å². The fraction of sp³-hybridized carbons (Fsp3) is 0.333. The van der Waals surface area contributed by atoms with Crippen molar-refractivity contribution in [1.82, 2.24) is 9.88 Å². The van der Waals surface area contributed by atoms with Crippen LogP contribution in [0.3, 0.4) is 0 Å². The van der Waals surface area contributed by atoms with E-state index in [1.54, 1.807) is 24.4 Å². The summed E-state index contributed by atoms with van der Waals surface area (Å²) in [4.78, 5) is 20.4. The zero-order valence-electron chi connectivity index (χ0n) is 13.7. The van der Waals surface area contributed by atoms with Gasteiger partial charge in [0.25, 0.3) is 0 Å². The Morgan fingerprint density at radius 1 is 1.08 bits per heavy atom. The van der Waals surface area contributed by atoms with Gasteiger partial charge in [0.2, 0.25) is 6.79 Å². The Bertz CT molecular complexity index is 760. The predicted octanol–water partition coefficient (Wildman–Crippen LogP) is 1.76. The zero-order chi connectivity index (χ0) is 17.2. The second-order valence-electron chi connectivity index (χ2n) is 6.06. The average molecular weight is 341 g/mol. The third kappa shape index (κ3) is 3.10. The number of ether oxygens (including phenoxy) is 2. The van der Waals surface area contributed by atoms with Gasteiger partial charge in [-0.25, -0.2) is 4.98 Å². The number of benzene rings is 1. The highest BCUT2D eigenvalue weighted by Crippen LogP contribution is 2.35. The number of nitrogens with zero attached hydrogens (tertiary/aromatic N) is 3. The molecule has 130 valence electrons. The molecule has 0 unspecified atom stereocenters. The molecule has 1 fully saturated rings. The van der Waals surface area contributed by atoms with Crippen molar-refractivity contribution in [2.24, 2.45) is 0 Å². The third-order valence-electron chi connectivity index (χ3n) is 4.60. The average Bonchev–Trinajstić information content (AvgIpc) is 3.11. The molecule has 3 heterocycles. The summed E-state index contributed by atoms with van der Waals surface area (Å²) in [6.45, 7) is 2.97. The van der Waals surface area contributed by atoms with Crippen molar-refractivity contribution in [2.75, 3.05) is 37.9 Å². The summed E-state index contributed by atoms with van der Waals surface area (Å²) < 4.78 is 10.7. The van der Waals surface area contributed by atoms with E-state index in [0.717, 1.165) is 18.9 Å². The number of hydrogen-bond donors (Lipinski definition) is 1. The van der Waals surface area contributed by atoms with Crippen LogP contribution >= 0.6 is 0 Å². The molecule has 4 rings (SSSR count). The minimum absolute atomic E-state index is 0.180. The van der Waals surface area contributed by atoms with Crippen LogP contribution in [0.4, 0.5) is 5.82 Å². The maximum atomic E-state index is 11.9. The summed E-state index contributed by atoms with van der Waals surface area (Å²) >= 11 is 0. The minimum atomic E-state index is -0.856. The first-order valence-corrected chi connectivity index (χ1v) is 8.25. The molecule has 7 nitrogen and oxygen atoms in total. The monoisotopic (exact) mass is 341 g/mol. The maximum absolute atomic E-state index is 11.9. The van der Waals surface area contributed by atoms with Crippen molar-refractivity contribution in [3.8, 4) is 11.5 Å². The molecule has 2 aromatic rings. The molecule has 1 saturated heterocycles. The van der Waals surface area contributed by atoms with Crippen molar-refractivity contribution < 1.29 is 19.4 Å². The van der Waals surface area contributed by atoms with Crippen molar-refractivity contribution in [1.29, 1.82) is 0 Å². The zero-order valence-corrected chi connectivity index (χ0v) is 13.7. The predicted molar refractivity (Wildman–Crippen MR) is 91.0 cm³/mol. The molecule has 0 spiro atoms. The van der Waals surface area contributed by atoms with Crippen LogP contribution in [0.5, 0.6) is 11.5 Å². The second kappa shape index (κ2) is 6.60. The molecule has 7 heteroatoms. The van der Waals surface area contributed by atoms with E-state index in [4.69, 9.17) is 9.47 Å². The molecule has 1 N–H and O–H groups in total. The van der Waals surface area contributed by atoms with Gasteiger partial charge >= 0.3 is 5.97 Å². The van der Waals surface area contributed by atoms with E-state index in [0.29, 0.717) is 30.2 Å². The van der Waals surface area contributed by atoms with E-state index in [1.807, 2.05) is 23.1 Å². The molecule has 25 heavy (non-hydrogen) atoms. The SMILES string of the molecule is O=C(O)[C@@H](c1ccc2c(c1)OCO2)N1CCN(c2ccccn2)CC1. The molecule has 2 aliphatic heterocycles. The number of fused-ring (bicyclic) bond motifs is 1. The van der Waals surface area contributed by atoms with E-state index >= 15 is 0 Å². The molecule has 0 saturated carbocycles. The van der Waals surface area contributed by atoms with Crippen molar-refractivity contribution in [3.05, 3.63) is 48.2 Å². The quantitative estimate of drug-likeness (QED) is 0.908. The molecule has 0 amide bonds. The summed E-state index contributed by atoms with van der Waals surface area (Å²) in [7, 11) is 0. The molecular formula is C18H19N3O4. The Morgan fingerprint density at radius 2 is 1.88 bits per heavy atom. The largest absolute Gasteiger partial charge is 0.480 e. The van der Waals surface area contributed by atoms with Crippen LogP contribution in [0.25, 0.3) is 0 Å².